The Morgan fingerprint density at radius 1 is 1.39 bits per heavy atom. The lowest BCUT2D eigenvalue weighted by Crippen LogP contribution is -2.20. The summed E-state index contributed by atoms with van der Waals surface area (Å²) >= 11 is 0. The van der Waals surface area contributed by atoms with Crippen LogP contribution in [0.5, 0.6) is 0 Å². The fourth-order valence-electron chi connectivity index (χ4n) is 1.37. The van der Waals surface area contributed by atoms with Gasteiger partial charge in [-0.3, -0.25) is 0 Å². The van der Waals surface area contributed by atoms with Crippen molar-refractivity contribution < 1.29 is 20.1 Å². The SMILES string of the molecule is CCCc1nc(C(=O)O)c(C(C)(C)O)[nH]1.CCO. The largest absolute Gasteiger partial charge is 0.476 e. The molecule has 6 heteroatoms. The van der Waals surface area contributed by atoms with Crippen molar-refractivity contribution in [1.82, 2.24) is 9.97 Å². The number of hydrogen-bond acceptors (Lipinski definition) is 4. The molecule has 18 heavy (non-hydrogen) atoms. The van der Waals surface area contributed by atoms with Crippen LogP contribution in [-0.4, -0.2) is 37.9 Å². The van der Waals surface area contributed by atoms with Crippen molar-refractivity contribution in [3.05, 3.63) is 17.2 Å². The number of imidazole rings is 1. The van der Waals surface area contributed by atoms with Crippen LogP contribution in [0.15, 0.2) is 0 Å². The number of aryl methyl sites for hydroxylation is 1. The maximum Gasteiger partial charge on any atom is 0.356 e. The molecule has 0 aromatic carbocycles. The van der Waals surface area contributed by atoms with Gasteiger partial charge >= 0.3 is 5.97 Å². The zero-order chi connectivity index (χ0) is 14.3. The second kappa shape index (κ2) is 7.13. The van der Waals surface area contributed by atoms with E-state index in [4.69, 9.17) is 10.2 Å². The smallest absolute Gasteiger partial charge is 0.356 e. The Kier molecular flexibility index (Phi) is 6.57. The number of aliphatic hydroxyl groups excluding tert-OH is 1. The van der Waals surface area contributed by atoms with Gasteiger partial charge in [0.2, 0.25) is 0 Å². The summed E-state index contributed by atoms with van der Waals surface area (Å²) in [6, 6.07) is 0. The number of hydrogen-bond donors (Lipinski definition) is 4. The summed E-state index contributed by atoms with van der Waals surface area (Å²) in [5, 5.41) is 26.3. The molecule has 1 heterocycles. The summed E-state index contributed by atoms with van der Waals surface area (Å²) in [4.78, 5) is 17.7. The van der Waals surface area contributed by atoms with Crippen LogP contribution in [0.3, 0.4) is 0 Å². The van der Waals surface area contributed by atoms with Crippen molar-refractivity contribution in [1.29, 1.82) is 0 Å². The van der Waals surface area contributed by atoms with Gasteiger partial charge in [0.05, 0.1) is 5.69 Å². The number of nitrogens with one attached hydrogen (secondary N) is 1. The van der Waals surface area contributed by atoms with Crippen LogP contribution in [0.2, 0.25) is 0 Å². The van der Waals surface area contributed by atoms with Gasteiger partial charge in [-0.25, -0.2) is 9.78 Å². The number of aliphatic hydroxyl groups is 2. The first-order chi connectivity index (χ1) is 8.27. The normalized spacial score (nSPS) is 10.8. The monoisotopic (exact) mass is 258 g/mol. The molecule has 0 aliphatic rings. The zero-order valence-electron chi connectivity index (χ0n) is 11.3. The third-order valence-corrected chi connectivity index (χ3v) is 2.05. The molecule has 4 N–H and O–H groups in total. The molecule has 0 saturated heterocycles. The molecule has 1 aromatic rings. The third-order valence-electron chi connectivity index (χ3n) is 2.05. The Bertz CT molecular complexity index is 380. The van der Waals surface area contributed by atoms with E-state index >= 15 is 0 Å². The van der Waals surface area contributed by atoms with E-state index in [9.17, 15) is 9.90 Å². The molecule has 0 amide bonds. The predicted octanol–water partition coefficient (Wildman–Crippen LogP) is 1.29. The highest BCUT2D eigenvalue weighted by Gasteiger charge is 2.27. The number of aromatic nitrogens is 2. The second-order valence-corrected chi connectivity index (χ2v) is 4.34. The average molecular weight is 258 g/mol. The van der Waals surface area contributed by atoms with Crippen LogP contribution in [0, 0.1) is 0 Å². The highest BCUT2D eigenvalue weighted by Crippen LogP contribution is 2.22. The molecule has 0 aliphatic carbocycles. The number of carboxylic acid groups (broad SMARTS) is 1. The quantitative estimate of drug-likeness (QED) is 0.651. The van der Waals surface area contributed by atoms with E-state index in [1.807, 2.05) is 6.92 Å². The molecule has 104 valence electrons. The van der Waals surface area contributed by atoms with Crippen molar-refractivity contribution in [3.8, 4) is 0 Å². The first-order valence-electron chi connectivity index (χ1n) is 5.93. The van der Waals surface area contributed by atoms with E-state index in [2.05, 4.69) is 9.97 Å². The molecule has 0 unspecified atom stereocenters. The van der Waals surface area contributed by atoms with E-state index in [-0.39, 0.29) is 18.0 Å². The van der Waals surface area contributed by atoms with Gasteiger partial charge in [-0.15, -0.1) is 0 Å². The first kappa shape index (κ1) is 16.6. The summed E-state index contributed by atoms with van der Waals surface area (Å²) in [5.74, 6) is -0.516. The Hall–Kier alpha value is -1.40. The number of carbonyl (C=O) groups is 1. The van der Waals surface area contributed by atoms with Crippen LogP contribution in [-0.2, 0) is 12.0 Å². The van der Waals surface area contributed by atoms with Gasteiger partial charge < -0.3 is 20.3 Å². The molecule has 0 radical (unpaired) electrons. The molecule has 0 saturated carbocycles. The topological polar surface area (TPSA) is 106 Å². The molecule has 6 nitrogen and oxygen atoms in total. The minimum Gasteiger partial charge on any atom is -0.476 e. The molecule has 0 bridgehead atoms. The van der Waals surface area contributed by atoms with Crippen LogP contribution in [0.1, 0.15) is 56.1 Å². The van der Waals surface area contributed by atoms with Gasteiger partial charge in [0.25, 0.3) is 0 Å². The van der Waals surface area contributed by atoms with E-state index in [1.165, 1.54) is 13.8 Å². The van der Waals surface area contributed by atoms with Crippen molar-refractivity contribution in [2.45, 2.75) is 46.1 Å². The lowest BCUT2D eigenvalue weighted by atomic mass is 10.0. The summed E-state index contributed by atoms with van der Waals surface area (Å²) in [6.45, 7) is 6.97. The number of aromatic amines is 1. The maximum atomic E-state index is 10.9. The summed E-state index contributed by atoms with van der Waals surface area (Å²) in [6.07, 6.45) is 1.55. The minimum atomic E-state index is -1.22. The number of nitrogens with zero attached hydrogens (tertiary/aromatic N) is 1. The van der Waals surface area contributed by atoms with Gasteiger partial charge in [0, 0.05) is 13.0 Å². The molecule has 0 atom stereocenters. The predicted molar refractivity (Wildman–Crippen MR) is 67.5 cm³/mol. The minimum absolute atomic E-state index is 0.0917. The number of carboxylic acids is 1. The molecule has 1 rings (SSSR count). The van der Waals surface area contributed by atoms with Crippen molar-refractivity contribution >= 4 is 5.97 Å². The molecule has 0 fully saturated rings. The number of aromatic carboxylic acids is 1. The average Bonchev–Trinajstić information content (AvgIpc) is 2.63. The first-order valence-corrected chi connectivity index (χ1v) is 5.93. The van der Waals surface area contributed by atoms with E-state index in [1.54, 1.807) is 6.92 Å². The van der Waals surface area contributed by atoms with Crippen LogP contribution < -0.4 is 0 Å². The van der Waals surface area contributed by atoms with E-state index < -0.39 is 11.6 Å². The standard InChI is InChI=1S/C10H16N2O3.C2H6O/c1-4-5-6-11-7(9(13)14)8(12-6)10(2,3)15;1-2-3/h15H,4-5H2,1-3H3,(H,11,12)(H,13,14);3H,2H2,1H3. The van der Waals surface area contributed by atoms with Gasteiger partial charge in [0.1, 0.15) is 11.4 Å². The number of H-pyrrole nitrogens is 1. The Balaban J connectivity index is 0.000000873. The highest BCUT2D eigenvalue weighted by atomic mass is 16.4. The van der Waals surface area contributed by atoms with E-state index in [0.717, 1.165) is 6.42 Å². The van der Waals surface area contributed by atoms with Crippen molar-refractivity contribution in [2.75, 3.05) is 6.61 Å². The van der Waals surface area contributed by atoms with E-state index in [0.29, 0.717) is 12.2 Å². The van der Waals surface area contributed by atoms with Gasteiger partial charge in [-0.2, -0.15) is 0 Å². The molecule has 1 aromatic heterocycles. The van der Waals surface area contributed by atoms with Gasteiger partial charge in [-0.05, 0) is 27.2 Å². The molecule has 0 aliphatic heterocycles. The zero-order valence-corrected chi connectivity index (χ0v) is 11.3. The van der Waals surface area contributed by atoms with Crippen LogP contribution in [0.4, 0.5) is 0 Å². The Morgan fingerprint density at radius 2 is 1.89 bits per heavy atom. The maximum absolute atomic E-state index is 10.9. The fourth-order valence-corrected chi connectivity index (χ4v) is 1.37. The third kappa shape index (κ3) is 4.85. The van der Waals surface area contributed by atoms with Crippen molar-refractivity contribution in [3.63, 3.8) is 0 Å². The molecular formula is C12H22N2O4. The Labute approximate surface area is 107 Å². The van der Waals surface area contributed by atoms with Gasteiger partial charge in [0.15, 0.2) is 5.69 Å². The van der Waals surface area contributed by atoms with Crippen LogP contribution in [0.25, 0.3) is 0 Å². The summed E-state index contributed by atoms with van der Waals surface area (Å²) in [7, 11) is 0. The second-order valence-electron chi connectivity index (χ2n) is 4.34. The Morgan fingerprint density at radius 3 is 2.17 bits per heavy atom. The molecular weight excluding hydrogens is 236 g/mol. The van der Waals surface area contributed by atoms with Gasteiger partial charge in [-0.1, -0.05) is 6.92 Å². The summed E-state index contributed by atoms with van der Waals surface area (Å²) < 4.78 is 0. The fraction of sp³-hybridized carbons (Fsp3) is 0.667. The van der Waals surface area contributed by atoms with Crippen LogP contribution >= 0.6 is 0 Å². The number of rotatable bonds is 4. The lowest BCUT2D eigenvalue weighted by molar-refractivity contribution is 0.0609. The van der Waals surface area contributed by atoms with Crippen molar-refractivity contribution in [2.24, 2.45) is 0 Å². The molecule has 0 spiro atoms. The lowest BCUT2D eigenvalue weighted by Gasteiger charge is -2.15. The summed E-state index contributed by atoms with van der Waals surface area (Å²) in [5.41, 5.74) is -1.04. The highest BCUT2D eigenvalue weighted by molar-refractivity contribution is 5.87.